The first-order valence-corrected chi connectivity index (χ1v) is 18.6. The van der Waals surface area contributed by atoms with E-state index < -0.39 is 17.5 Å². The van der Waals surface area contributed by atoms with Crippen LogP contribution in [-0.4, -0.2) is 99.6 Å². The van der Waals surface area contributed by atoms with Gasteiger partial charge in [-0.3, -0.25) is 25.4 Å². The van der Waals surface area contributed by atoms with E-state index in [0.717, 1.165) is 31.2 Å². The third-order valence-electron chi connectivity index (χ3n) is 11.6. The monoisotopic (exact) mass is 729 g/mol. The maximum Gasteiger partial charge on any atom is 0.319 e. The fraction of sp³-hybridized carbons (Fsp3) is 0.474. The summed E-state index contributed by atoms with van der Waals surface area (Å²) in [5.74, 6) is 0.735. The summed E-state index contributed by atoms with van der Waals surface area (Å²) in [6, 6.07) is 11.4. The lowest BCUT2D eigenvalue weighted by atomic mass is 9.95. The van der Waals surface area contributed by atoms with Crippen LogP contribution < -0.4 is 20.4 Å². The maximum absolute atomic E-state index is 16.9. The largest absolute Gasteiger partial charge is 0.461 e. The molecule has 0 spiro atoms. The number of hydrogen-bond acceptors (Lipinski definition) is 10. The lowest BCUT2D eigenvalue weighted by Crippen LogP contribution is -2.48. The average molecular weight is 730 g/mol. The third kappa shape index (κ3) is 5.77. The van der Waals surface area contributed by atoms with Crippen molar-refractivity contribution in [3.63, 3.8) is 0 Å². The number of pyridine rings is 1. The Morgan fingerprint density at radius 3 is 2.81 bits per heavy atom. The van der Waals surface area contributed by atoms with Crippen LogP contribution in [0.3, 0.4) is 0 Å². The SMILES string of the molecule is CC(C)C1NOC(/C=C/C(=N)N2C[C@H]3C[C@@H]2CN3c2nc(OC[C@@]34CCCN3C[C@H](F)C4)nc3c(F)c(-c4cccc5cccc(Cl)c45)ncc23)N1. The predicted molar refractivity (Wildman–Crippen MR) is 197 cm³/mol. The van der Waals surface area contributed by atoms with Gasteiger partial charge in [0.2, 0.25) is 0 Å². The van der Waals surface area contributed by atoms with E-state index in [4.69, 9.17) is 31.6 Å². The Bertz CT molecular complexity index is 2080. The van der Waals surface area contributed by atoms with Crippen molar-refractivity contribution in [3.8, 4) is 17.3 Å². The number of hydrogen-bond donors (Lipinski definition) is 3. The van der Waals surface area contributed by atoms with Gasteiger partial charge in [-0.25, -0.2) is 8.78 Å². The van der Waals surface area contributed by atoms with Crippen molar-refractivity contribution in [1.29, 1.82) is 5.41 Å². The van der Waals surface area contributed by atoms with Gasteiger partial charge in [-0.05, 0) is 55.3 Å². The first-order valence-electron chi connectivity index (χ1n) is 18.2. The molecule has 7 heterocycles. The summed E-state index contributed by atoms with van der Waals surface area (Å²) in [4.78, 5) is 26.3. The van der Waals surface area contributed by atoms with Gasteiger partial charge in [-0.2, -0.15) is 15.4 Å². The molecular formula is C38H42ClF2N9O2. The van der Waals surface area contributed by atoms with Crippen LogP contribution in [0.2, 0.25) is 5.02 Å². The number of halogens is 3. The van der Waals surface area contributed by atoms with Crippen LogP contribution in [0.25, 0.3) is 32.9 Å². The van der Waals surface area contributed by atoms with Crippen molar-refractivity contribution in [2.75, 3.05) is 37.7 Å². The molecule has 2 bridgehead atoms. The fourth-order valence-corrected chi connectivity index (χ4v) is 9.23. The van der Waals surface area contributed by atoms with Gasteiger partial charge in [-0.15, -0.1) is 0 Å². The highest BCUT2D eigenvalue weighted by Gasteiger charge is 2.50. The van der Waals surface area contributed by atoms with E-state index >= 15 is 4.39 Å². The zero-order chi connectivity index (χ0) is 35.7. The molecule has 0 saturated carbocycles. The van der Waals surface area contributed by atoms with Crippen molar-refractivity contribution in [3.05, 3.63) is 65.6 Å². The number of piperazine rings is 1. The minimum atomic E-state index is -0.900. The zero-order valence-electron chi connectivity index (χ0n) is 29.2. The quantitative estimate of drug-likeness (QED) is 0.151. The number of ether oxygens (including phenoxy) is 1. The van der Waals surface area contributed by atoms with Crippen molar-refractivity contribution >= 4 is 44.9 Å². The first-order chi connectivity index (χ1) is 25.2. The normalized spacial score (nSPS) is 28.8. The molecule has 5 fully saturated rings. The van der Waals surface area contributed by atoms with Crippen molar-refractivity contribution in [2.45, 2.75) is 75.7 Å². The first kappa shape index (κ1) is 33.8. The van der Waals surface area contributed by atoms with Crippen LogP contribution in [0.4, 0.5) is 14.6 Å². The van der Waals surface area contributed by atoms with E-state index in [9.17, 15) is 4.39 Å². The molecule has 5 saturated heterocycles. The fourth-order valence-electron chi connectivity index (χ4n) is 8.94. The smallest absolute Gasteiger partial charge is 0.319 e. The summed E-state index contributed by atoms with van der Waals surface area (Å²) in [7, 11) is 0. The second-order valence-electron chi connectivity index (χ2n) is 15.2. The van der Waals surface area contributed by atoms with Gasteiger partial charge in [0.15, 0.2) is 5.82 Å². The summed E-state index contributed by atoms with van der Waals surface area (Å²) in [6.45, 7) is 6.88. The summed E-state index contributed by atoms with van der Waals surface area (Å²) >= 11 is 6.65. The number of nitrogens with one attached hydrogen (secondary N) is 3. The molecule has 14 heteroatoms. The Morgan fingerprint density at radius 2 is 2.02 bits per heavy atom. The summed E-state index contributed by atoms with van der Waals surface area (Å²) < 4.78 is 37.9. The van der Waals surface area contributed by atoms with Crippen LogP contribution >= 0.6 is 11.6 Å². The molecule has 2 aromatic heterocycles. The number of amidine groups is 1. The minimum absolute atomic E-state index is 0.0307. The highest BCUT2D eigenvalue weighted by atomic mass is 35.5. The van der Waals surface area contributed by atoms with Gasteiger partial charge in [0.1, 0.15) is 41.9 Å². The van der Waals surface area contributed by atoms with Crippen LogP contribution in [0.5, 0.6) is 6.01 Å². The lowest BCUT2D eigenvalue weighted by molar-refractivity contribution is 0.0439. The van der Waals surface area contributed by atoms with Gasteiger partial charge in [0, 0.05) is 48.2 Å². The van der Waals surface area contributed by atoms with E-state index in [2.05, 4.69) is 49.3 Å². The highest BCUT2D eigenvalue weighted by molar-refractivity contribution is 6.36. The number of aromatic nitrogens is 3. The Balaban J connectivity index is 1.04. The number of benzene rings is 2. The molecule has 2 unspecified atom stereocenters. The molecule has 3 N–H and O–H groups in total. The summed E-state index contributed by atoms with van der Waals surface area (Å²) in [6.07, 6.45) is 7.17. The molecule has 0 aliphatic carbocycles. The van der Waals surface area contributed by atoms with E-state index in [1.165, 1.54) is 0 Å². The molecule has 11 nitrogen and oxygen atoms in total. The molecule has 272 valence electrons. The predicted octanol–water partition coefficient (Wildman–Crippen LogP) is 5.82. The van der Waals surface area contributed by atoms with E-state index in [0.29, 0.717) is 65.0 Å². The maximum atomic E-state index is 16.9. The third-order valence-corrected chi connectivity index (χ3v) is 11.9. The molecule has 4 aromatic rings. The molecule has 0 radical (unpaired) electrons. The Hall–Kier alpha value is -4.01. The number of anilines is 1. The number of alkyl halides is 1. The molecular weight excluding hydrogens is 688 g/mol. The van der Waals surface area contributed by atoms with Gasteiger partial charge in [-0.1, -0.05) is 55.8 Å². The molecule has 2 aromatic carbocycles. The number of rotatable bonds is 8. The molecule has 9 rings (SSSR count). The molecule has 0 amide bonds. The molecule has 5 aliphatic rings. The summed E-state index contributed by atoms with van der Waals surface area (Å²) in [5, 5.41) is 14.8. The Kier molecular flexibility index (Phi) is 8.54. The Labute approximate surface area is 305 Å². The molecule has 5 aliphatic heterocycles. The standard InChI is InChI=1S/C38H42ClF2N9O2/c1-21(2)35-44-30(52-47-35)11-10-29(42)49-18-25-14-24(49)19-50(25)36-27-16-43-33(26-8-3-6-22-7-4-9-28(39)31(22)26)32(41)34(27)45-37(46-36)51-20-38-12-5-13-48(38)17-23(40)15-38/h3-4,6-11,16,21,23-25,30,35,42,44,47H,5,12-15,17-20H2,1-2H3/b11-10+,42-29?/t23-,24-,25-,30?,35?,38+/m1/s1. The number of hydroxylamine groups is 1. The van der Waals surface area contributed by atoms with Gasteiger partial charge in [0.05, 0.1) is 29.2 Å². The van der Waals surface area contributed by atoms with Crippen LogP contribution in [-0.2, 0) is 4.84 Å². The van der Waals surface area contributed by atoms with Crippen LogP contribution in [0, 0.1) is 17.1 Å². The number of fused-ring (bicyclic) bond motifs is 5. The zero-order valence-corrected chi connectivity index (χ0v) is 29.9. The van der Waals surface area contributed by atoms with Gasteiger partial charge >= 0.3 is 6.01 Å². The number of likely N-dealkylation sites (tertiary alicyclic amines) is 1. The Morgan fingerprint density at radius 1 is 1.17 bits per heavy atom. The molecule has 52 heavy (non-hydrogen) atoms. The minimum Gasteiger partial charge on any atom is -0.461 e. The van der Waals surface area contributed by atoms with E-state index in [1.54, 1.807) is 18.3 Å². The molecule has 6 atom stereocenters. The van der Waals surface area contributed by atoms with E-state index in [-0.39, 0.29) is 48.3 Å². The van der Waals surface area contributed by atoms with Gasteiger partial charge < -0.3 is 14.5 Å². The van der Waals surface area contributed by atoms with Crippen molar-refractivity contribution in [2.24, 2.45) is 5.92 Å². The van der Waals surface area contributed by atoms with Crippen molar-refractivity contribution < 1.29 is 18.4 Å². The topological polar surface area (TPSA) is 115 Å². The van der Waals surface area contributed by atoms with Crippen molar-refractivity contribution in [1.82, 2.24) is 35.5 Å². The average Bonchev–Trinajstić information content (AvgIpc) is 3.97. The van der Waals surface area contributed by atoms with Crippen LogP contribution in [0.15, 0.2) is 54.7 Å². The van der Waals surface area contributed by atoms with Crippen LogP contribution in [0.1, 0.15) is 39.5 Å². The second-order valence-corrected chi connectivity index (χ2v) is 15.6. The van der Waals surface area contributed by atoms with E-state index in [1.807, 2.05) is 36.4 Å². The summed E-state index contributed by atoms with van der Waals surface area (Å²) in [5.41, 5.74) is 3.41. The van der Waals surface area contributed by atoms with Gasteiger partial charge in [0.25, 0.3) is 0 Å². The highest BCUT2D eigenvalue weighted by Crippen LogP contribution is 2.43. The second kappa shape index (κ2) is 13.1. The lowest BCUT2D eigenvalue weighted by Gasteiger charge is -2.36. The number of nitrogens with zero attached hydrogens (tertiary/aromatic N) is 6.